The van der Waals surface area contributed by atoms with Crippen LogP contribution in [0.4, 0.5) is 0 Å². The maximum atomic E-state index is 10.9. The number of carbonyl (C=O) groups is 1. The van der Waals surface area contributed by atoms with Gasteiger partial charge in [-0.25, -0.2) is 0 Å². The van der Waals surface area contributed by atoms with E-state index in [4.69, 9.17) is 10.8 Å². The van der Waals surface area contributed by atoms with E-state index in [9.17, 15) is 4.79 Å². The van der Waals surface area contributed by atoms with Crippen LogP contribution in [0.15, 0.2) is 29.2 Å². The zero-order valence-electron chi connectivity index (χ0n) is 7.93. The highest BCUT2D eigenvalue weighted by atomic mass is 32.2. The van der Waals surface area contributed by atoms with Gasteiger partial charge in [0.05, 0.1) is 5.92 Å². The fourth-order valence-corrected chi connectivity index (χ4v) is 1.98. The van der Waals surface area contributed by atoms with Crippen LogP contribution in [0.1, 0.15) is 11.5 Å². The second kappa shape index (κ2) is 5.02. The quantitative estimate of drug-likeness (QED) is 0.741. The lowest BCUT2D eigenvalue weighted by Crippen LogP contribution is -2.21. The van der Waals surface area contributed by atoms with E-state index >= 15 is 0 Å². The normalized spacial score (nSPS) is 12.4. The van der Waals surface area contributed by atoms with E-state index in [0.29, 0.717) is 0 Å². The third-order valence-electron chi connectivity index (χ3n) is 2.05. The zero-order chi connectivity index (χ0) is 10.6. The Kier molecular flexibility index (Phi) is 3.98. The van der Waals surface area contributed by atoms with Gasteiger partial charge < -0.3 is 10.8 Å². The smallest absolute Gasteiger partial charge is 0.312 e. The molecule has 14 heavy (non-hydrogen) atoms. The fraction of sp³-hybridized carbons (Fsp3) is 0.300. The average molecular weight is 211 g/mol. The Hall–Kier alpha value is -1.00. The van der Waals surface area contributed by atoms with Crippen LogP contribution in [0.25, 0.3) is 0 Å². The Balaban J connectivity index is 3.08. The molecular formula is C10H13NO2S. The summed E-state index contributed by atoms with van der Waals surface area (Å²) < 4.78 is 0. The molecule has 1 aromatic rings. The number of nitrogens with two attached hydrogens (primary N) is 1. The van der Waals surface area contributed by atoms with E-state index in [1.165, 1.54) is 11.8 Å². The Morgan fingerprint density at radius 1 is 1.57 bits per heavy atom. The van der Waals surface area contributed by atoms with E-state index < -0.39 is 11.9 Å². The molecule has 0 amide bonds. The summed E-state index contributed by atoms with van der Waals surface area (Å²) in [4.78, 5) is 11.9. The minimum atomic E-state index is -0.867. The van der Waals surface area contributed by atoms with Gasteiger partial charge in [0.25, 0.3) is 0 Å². The summed E-state index contributed by atoms with van der Waals surface area (Å²) in [5.74, 6) is -1.47. The Bertz CT molecular complexity index is 328. The fourth-order valence-electron chi connectivity index (χ4n) is 1.32. The number of benzene rings is 1. The van der Waals surface area contributed by atoms with Crippen molar-refractivity contribution in [3.8, 4) is 0 Å². The van der Waals surface area contributed by atoms with Crippen molar-refractivity contribution >= 4 is 17.7 Å². The highest BCUT2D eigenvalue weighted by Gasteiger charge is 2.20. The van der Waals surface area contributed by atoms with Crippen LogP contribution in [0.2, 0.25) is 0 Å². The van der Waals surface area contributed by atoms with Gasteiger partial charge in [0.1, 0.15) is 0 Å². The molecule has 0 saturated carbocycles. The molecule has 4 heteroatoms. The summed E-state index contributed by atoms with van der Waals surface area (Å²) >= 11 is 1.54. The number of rotatable bonds is 4. The number of hydrogen-bond acceptors (Lipinski definition) is 3. The van der Waals surface area contributed by atoms with Crippen LogP contribution in [-0.2, 0) is 4.79 Å². The van der Waals surface area contributed by atoms with Crippen molar-refractivity contribution in [3.05, 3.63) is 29.8 Å². The second-order valence-corrected chi connectivity index (χ2v) is 3.72. The molecule has 0 saturated heterocycles. The molecule has 76 valence electrons. The van der Waals surface area contributed by atoms with Gasteiger partial charge in [-0.15, -0.1) is 11.8 Å². The monoisotopic (exact) mass is 211 g/mol. The number of carboxylic acids is 1. The largest absolute Gasteiger partial charge is 0.481 e. The summed E-state index contributed by atoms with van der Waals surface area (Å²) in [5.41, 5.74) is 6.24. The van der Waals surface area contributed by atoms with Crippen molar-refractivity contribution < 1.29 is 9.90 Å². The Labute approximate surface area is 87.3 Å². The highest BCUT2D eigenvalue weighted by Crippen LogP contribution is 2.26. The van der Waals surface area contributed by atoms with Crippen molar-refractivity contribution in [2.24, 2.45) is 5.73 Å². The molecule has 0 aromatic heterocycles. The summed E-state index contributed by atoms with van der Waals surface area (Å²) in [6.45, 7) is 0.132. The number of aliphatic carboxylic acids is 1. The molecule has 0 aliphatic rings. The van der Waals surface area contributed by atoms with Crippen molar-refractivity contribution in [1.29, 1.82) is 0 Å². The predicted molar refractivity (Wildman–Crippen MR) is 57.7 cm³/mol. The third-order valence-corrected chi connectivity index (χ3v) is 2.86. The molecule has 0 spiro atoms. The number of hydrogen-bond donors (Lipinski definition) is 2. The first-order valence-electron chi connectivity index (χ1n) is 4.26. The topological polar surface area (TPSA) is 63.3 Å². The zero-order valence-corrected chi connectivity index (χ0v) is 8.75. The van der Waals surface area contributed by atoms with Crippen molar-refractivity contribution in [1.82, 2.24) is 0 Å². The maximum absolute atomic E-state index is 10.9. The highest BCUT2D eigenvalue weighted by molar-refractivity contribution is 7.98. The van der Waals surface area contributed by atoms with E-state index in [1.807, 2.05) is 30.5 Å². The number of carboxylic acid groups (broad SMARTS) is 1. The van der Waals surface area contributed by atoms with E-state index in [2.05, 4.69) is 0 Å². The molecule has 1 aromatic carbocycles. The van der Waals surface area contributed by atoms with E-state index in [0.717, 1.165) is 10.5 Å². The molecule has 1 atom stereocenters. The Morgan fingerprint density at radius 2 is 2.21 bits per heavy atom. The molecule has 1 rings (SSSR count). The number of thioether (sulfide) groups is 1. The van der Waals surface area contributed by atoms with Gasteiger partial charge in [-0.1, -0.05) is 18.2 Å². The van der Waals surface area contributed by atoms with Crippen molar-refractivity contribution in [2.45, 2.75) is 10.8 Å². The van der Waals surface area contributed by atoms with Gasteiger partial charge in [0, 0.05) is 11.4 Å². The minimum absolute atomic E-state index is 0.132. The van der Waals surface area contributed by atoms with Gasteiger partial charge in [-0.2, -0.15) is 0 Å². The molecular weight excluding hydrogens is 198 g/mol. The molecule has 3 nitrogen and oxygen atoms in total. The van der Waals surface area contributed by atoms with E-state index in [1.54, 1.807) is 0 Å². The maximum Gasteiger partial charge on any atom is 0.312 e. The van der Waals surface area contributed by atoms with Crippen LogP contribution < -0.4 is 5.73 Å². The average Bonchev–Trinajstić information content (AvgIpc) is 2.19. The van der Waals surface area contributed by atoms with Crippen LogP contribution in [-0.4, -0.2) is 23.9 Å². The SMILES string of the molecule is CSc1ccccc1C(CN)C(=O)O. The molecule has 0 heterocycles. The summed E-state index contributed by atoms with van der Waals surface area (Å²) in [6.07, 6.45) is 1.92. The lowest BCUT2D eigenvalue weighted by Gasteiger charge is -2.13. The minimum Gasteiger partial charge on any atom is -0.481 e. The molecule has 1 unspecified atom stereocenters. The van der Waals surface area contributed by atoms with Gasteiger partial charge in [-0.3, -0.25) is 4.79 Å². The second-order valence-electron chi connectivity index (χ2n) is 2.87. The molecule has 0 radical (unpaired) electrons. The summed E-state index contributed by atoms with van der Waals surface area (Å²) in [7, 11) is 0. The molecule has 0 fully saturated rings. The first kappa shape index (κ1) is 11.1. The van der Waals surface area contributed by atoms with Gasteiger partial charge in [0.2, 0.25) is 0 Å². The summed E-state index contributed by atoms with van der Waals surface area (Å²) in [5, 5.41) is 8.96. The molecule has 0 aliphatic heterocycles. The van der Waals surface area contributed by atoms with Crippen LogP contribution in [0.3, 0.4) is 0 Å². The molecule has 0 bridgehead atoms. The van der Waals surface area contributed by atoms with E-state index in [-0.39, 0.29) is 6.54 Å². The lowest BCUT2D eigenvalue weighted by molar-refractivity contribution is -0.138. The lowest BCUT2D eigenvalue weighted by atomic mass is 10.00. The molecule has 0 aliphatic carbocycles. The van der Waals surface area contributed by atoms with Crippen LogP contribution >= 0.6 is 11.8 Å². The van der Waals surface area contributed by atoms with Crippen LogP contribution in [0, 0.1) is 0 Å². The van der Waals surface area contributed by atoms with Gasteiger partial charge in [0.15, 0.2) is 0 Å². The predicted octanol–water partition coefficient (Wildman–Crippen LogP) is 1.54. The van der Waals surface area contributed by atoms with Crippen molar-refractivity contribution in [2.75, 3.05) is 12.8 Å². The summed E-state index contributed by atoms with van der Waals surface area (Å²) in [6, 6.07) is 7.45. The van der Waals surface area contributed by atoms with Crippen molar-refractivity contribution in [3.63, 3.8) is 0 Å². The van der Waals surface area contributed by atoms with Crippen LogP contribution in [0.5, 0.6) is 0 Å². The first-order valence-corrected chi connectivity index (χ1v) is 5.49. The standard InChI is InChI=1S/C10H13NO2S/c1-14-9-5-3-2-4-7(9)8(6-11)10(12)13/h2-5,8H,6,11H2,1H3,(H,12,13). The Morgan fingerprint density at radius 3 is 2.71 bits per heavy atom. The first-order chi connectivity index (χ1) is 6.70. The molecule has 3 N–H and O–H groups in total. The third kappa shape index (κ3) is 2.27. The van der Waals surface area contributed by atoms with Gasteiger partial charge in [-0.05, 0) is 17.9 Å². The van der Waals surface area contributed by atoms with Gasteiger partial charge >= 0.3 is 5.97 Å².